The lowest BCUT2D eigenvalue weighted by Crippen LogP contribution is -2.31. The summed E-state index contributed by atoms with van der Waals surface area (Å²) >= 11 is 0. The first-order valence-corrected chi connectivity index (χ1v) is 10.4. The van der Waals surface area contributed by atoms with E-state index >= 15 is 0 Å². The predicted octanol–water partition coefficient (Wildman–Crippen LogP) is 4.50. The van der Waals surface area contributed by atoms with Crippen molar-refractivity contribution in [3.05, 3.63) is 95.1 Å². The summed E-state index contributed by atoms with van der Waals surface area (Å²) in [7, 11) is 0. The van der Waals surface area contributed by atoms with Gasteiger partial charge in [0.25, 0.3) is 0 Å². The van der Waals surface area contributed by atoms with Gasteiger partial charge < -0.3 is 0 Å². The first-order valence-electron chi connectivity index (χ1n) is 10.4. The van der Waals surface area contributed by atoms with Crippen LogP contribution in [0.5, 0.6) is 0 Å². The fourth-order valence-corrected chi connectivity index (χ4v) is 4.18. The molecule has 5 heteroatoms. The summed E-state index contributed by atoms with van der Waals surface area (Å²) in [5.74, 6) is 0.818. The van der Waals surface area contributed by atoms with Gasteiger partial charge in [-0.05, 0) is 26.0 Å². The summed E-state index contributed by atoms with van der Waals surface area (Å²) in [6.45, 7) is 7.03. The Morgan fingerprint density at radius 1 is 0.933 bits per heavy atom. The molecule has 0 atom stereocenters. The van der Waals surface area contributed by atoms with Crippen LogP contribution in [-0.2, 0) is 19.5 Å². The number of hydrogen-bond acceptors (Lipinski definition) is 4. The Morgan fingerprint density at radius 2 is 1.67 bits per heavy atom. The molecular weight excluding hydrogens is 370 g/mol. The van der Waals surface area contributed by atoms with Crippen LogP contribution in [-0.4, -0.2) is 31.2 Å². The molecule has 150 valence electrons. The average molecular weight is 396 g/mol. The smallest absolute Gasteiger partial charge is 0.159 e. The van der Waals surface area contributed by atoms with Gasteiger partial charge in [0.2, 0.25) is 0 Å². The normalized spacial score (nSPS) is 13.9. The molecule has 3 heterocycles. The summed E-state index contributed by atoms with van der Waals surface area (Å²) in [6.07, 6.45) is 2.95. The number of para-hydroxylation sites is 1. The number of aromatic nitrogens is 4. The standard InChI is InChI=1S/C25H25N5/c1-18-23(19(2)30(28-18)22-11-7-4-8-12-22)17-29-14-13-24-21(16-29)15-26-25(27-24)20-9-5-3-6-10-20/h3-12,15H,13-14,16-17H2,1-2H3. The van der Waals surface area contributed by atoms with E-state index in [2.05, 4.69) is 64.8 Å². The maximum Gasteiger partial charge on any atom is 0.159 e. The zero-order chi connectivity index (χ0) is 20.5. The Kier molecular flexibility index (Phi) is 4.89. The van der Waals surface area contributed by atoms with Gasteiger partial charge in [0.15, 0.2) is 5.82 Å². The van der Waals surface area contributed by atoms with Crippen molar-refractivity contribution in [1.29, 1.82) is 0 Å². The minimum Gasteiger partial charge on any atom is -0.294 e. The fraction of sp³-hybridized carbons (Fsp3) is 0.240. The monoisotopic (exact) mass is 395 g/mol. The van der Waals surface area contributed by atoms with Gasteiger partial charge in [-0.25, -0.2) is 14.6 Å². The van der Waals surface area contributed by atoms with Crippen molar-refractivity contribution in [2.45, 2.75) is 33.4 Å². The van der Waals surface area contributed by atoms with Crippen molar-refractivity contribution in [2.24, 2.45) is 0 Å². The lowest BCUT2D eigenvalue weighted by Gasteiger charge is -2.28. The second kappa shape index (κ2) is 7.84. The predicted molar refractivity (Wildman–Crippen MR) is 118 cm³/mol. The van der Waals surface area contributed by atoms with E-state index in [1.807, 2.05) is 30.5 Å². The van der Waals surface area contributed by atoms with Gasteiger partial charge in [-0.3, -0.25) is 4.90 Å². The van der Waals surface area contributed by atoms with Crippen LogP contribution in [0.15, 0.2) is 66.9 Å². The van der Waals surface area contributed by atoms with Crippen LogP contribution in [0.1, 0.15) is 28.2 Å². The molecule has 5 rings (SSSR count). The Balaban J connectivity index is 1.36. The number of aryl methyl sites for hydroxylation is 1. The Labute approximate surface area is 177 Å². The van der Waals surface area contributed by atoms with Crippen molar-refractivity contribution >= 4 is 0 Å². The summed E-state index contributed by atoms with van der Waals surface area (Å²) in [5.41, 5.74) is 8.19. The van der Waals surface area contributed by atoms with E-state index in [-0.39, 0.29) is 0 Å². The van der Waals surface area contributed by atoms with Gasteiger partial charge in [-0.2, -0.15) is 5.10 Å². The summed E-state index contributed by atoms with van der Waals surface area (Å²) in [4.78, 5) is 12.0. The van der Waals surface area contributed by atoms with Gasteiger partial charge in [-0.1, -0.05) is 48.5 Å². The molecule has 0 saturated carbocycles. The zero-order valence-corrected chi connectivity index (χ0v) is 17.4. The molecular formula is C25H25N5. The summed E-state index contributed by atoms with van der Waals surface area (Å²) in [6, 6.07) is 20.5. The molecule has 1 aliphatic heterocycles. The first kappa shape index (κ1) is 18.7. The fourth-order valence-electron chi connectivity index (χ4n) is 4.18. The van der Waals surface area contributed by atoms with Gasteiger partial charge in [0, 0.05) is 54.6 Å². The molecule has 5 nitrogen and oxygen atoms in total. The molecule has 2 aromatic carbocycles. The Morgan fingerprint density at radius 3 is 2.43 bits per heavy atom. The molecule has 4 aromatic rings. The van der Waals surface area contributed by atoms with Crippen molar-refractivity contribution in [3.8, 4) is 17.1 Å². The summed E-state index contributed by atoms with van der Waals surface area (Å²) < 4.78 is 2.05. The van der Waals surface area contributed by atoms with Crippen molar-refractivity contribution in [1.82, 2.24) is 24.6 Å². The highest BCUT2D eigenvalue weighted by Gasteiger charge is 2.22. The molecule has 0 radical (unpaired) electrons. The van der Waals surface area contributed by atoms with Crippen LogP contribution in [0.4, 0.5) is 0 Å². The molecule has 0 saturated heterocycles. The second-order valence-corrected chi connectivity index (χ2v) is 7.89. The molecule has 1 aliphatic rings. The highest BCUT2D eigenvalue weighted by atomic mass is 15.3. The topological polar surface area (TPSA) is 46.8 Å². The number of nitrogens with zero attached hydrogens (tertiary/aromatic N) is 5. The third-order valence-electron chi connectivity index (χ3n) is 5.87. The van der Waals surface area contributed by atoms with E-state index < -0.39 is 0 Å². The molecule has 0 aliphatic carbocycles. The van der Waals surface area contributed by atoms with Gasteiger partial charge in [-0.15, -0.1) is 0 Å². The van der Waals surface area contributed by atoms with Crippen molar-refractivity contribution in [3.63, 3.8) is 0 Å². The van der Waals surface area contributed by atoms with Crippen LogP contribution in [0.3, 0.4) is 0 Å². The van der Waals surface area contributed by atoms with E-state index in [0.717, 1.165) is 48.8 Å². The number of hydrogen-bond donors (Lipinski definition) is 0. The molecule has 0 unspecified atom stereocenters. The molecule has 0 N–H and O–H groups in total. The van der Waals surface area contributed by atoms with E-state index in [4.69, 9.17) is 10.1 Å². The van der Waals surface area contributed by atoms with Crippen LogP contribution >= 0.6 is 0 Å². The minimum absolute atomic E-state index is 0.818. The average Bonchev–Trinajstić information content (AvgIpc) is 3.08. The second-order valence-electron chi connectivity index (χ2n) is 7.89. The molecule has 0 spiro atoms. The molecule has 0 amide bonds. The Hall–Kier alpha value is -3.31. The maximum absolute atomic E-state index is 4.85. The zero-order valence-electron chi connectivity index (χ0n) is 17.4. The number of benzene rings is 2. The minimum atomic E-state index is 0.818. The summed E-state index contributed by atoms with van der Waals surface area (Å²) in [5, 5.41) is 4.80. The third-order valence-corrected chi connectivity index (χ3v) is 5.87. The molecule has 30 heavy (non-hydrogen) atoms. The molecule has 0 fully saturated rings. The van der Waals surface area contributed by atoms with E-state index in [0.29, 0.717) is 0 Å². The van der Waals surface area contributed by atoms with Crippen molar-refractivity contribution < 1.29 is 0 Å². The lowest BCUT2D eigenvalue weighted by atomic mass is 10.1. The molecule has 2 aromatic heterocycles. The maximum atomic E-state index is 4.85. The van der Waals surface area contributed by atoms with Crippen LogP contribution in [0.2, 0.25) is 0 Å². The van der Waals surface area contributed by atoms with Crippen LogP contribution < -0.4 is 0 Å². The van der Waals surface area contributed by atoms with Gasteiger partial charge >= 0.3 is 0 Å². The highest BCUT2D eigenvalue weighted by Crippen LogP contribution is 2.24. The SMILES string of the molecule is Cc1nn(-c2ccccc2)c(C)c1CN1CCc2nc(-c3ccccc3)ncc2C1. The van der Waals surface area contributed by atoms with Crippen molar-refractivity contribution in [2.75, 3.05) is 6.54 Å². The number of rotatable bonds is 4. The van der Waals surface area contributed by atoms with Gasteiger partial charge in [0.05, 0.1) is 17.1 Å². The first-order chi connectivity index (χ1) is 14.7. The molecule has 0 bridgehead atoms. The van der Waals surface area contributed by atoms with Crippen LogP contribution in [0.25, 0.3) is 17.1 Å². The highest BCUT2D eigenvalue weighted by molar-refractivity contribution is 5.54. The largest absolute Gasteiger partial charge is 0.294 e. The lowest BCUT2D eigenvalue weighted by molar-refractivity contribution is 0.242. The van der Waals surface area contributed by atoms with E-state index in [1.165, 1.54) is 22.5 Å². The van der Waals surface area contributed by atoms with E-state index in [1.54, 1.807) is 0 Å². The third kappa shape index (κ3) is 3.53. The van der Waals surface area contributed by atoms with Crippen LogP contribution in [0, 0.1) is 13.8 Å². The quantitative estimate of drug-likeness (QED) is 0.510. The number of fused-ring (bicyclic) bond motifs is 1. The van der Waals surface area contributed by atoms with Gasteiger partial charge in [0.1, 0.15) is 0 Å². The van der Waals surface area contributed by atoms with E-state index in [9.17, 15) is 0 Å². The Bertz CT molecular complexity index is 1170.